The predicted molar refractivity (Wildman–Crippen MR) is 81.2 cm³/mol. The minimum Gasteiger partial charge on any atom is -0.207 e. The van der Waals surface area contributed by atoms with E-state index in [0.29, 0.717) is 17.0 Å². The first kappa shape index (κ1) is 17.6. The Morgan fingerprint density at radius 2 is 1.52 bits per heavy atom. The normalized spacial score (nSPS) is 10.3. The fraction of sp³-hybridized carbons (Fsp3) is 0.294. The molecular formula is C17H18ClF3. The Morgan fingerprint density at radius 1 is 0.952 bits per heavy atom. The summed E-state index contributed by atoms with van der Waals surface area (Å²) in [7, 11) is 0. The lowest BCUT2D eigenvalue weighted by Crippen LogP contribution is -1.89. The molecule has 0 bridgehead atoms. The summed E-state index contributed by atoms with van der Waals surface area (Å²) >= 11 is 5.82. The second kappa shape index (κ2) is 8.08. The fourth-order valence-corrected chi connectivity index (χ4v) is 2.11. The number of rotatable bonds is 2. The Morgan fingerprint density at radius 3 is 2.00 bits per heavy atom. The second-order valence-electron chi connectivity index (χ2n) is 4.91. The average molecular weight is 315 g/mol. The van der Waals surface area contributed by atoms with Crippen molar-refractivity contribution < 1.29 is 13.2 Å². The van der Waals surface area contributed by atoms with E-state index in [1.54, 1.807) is 13.0 Å². The highest BCUT2D eigenvalue weighted by Crippen LogP contribution is 2.24. The summed E-state index contributed by atoms with van der Waals surface area (Å²) in [6.45, 7) is 5.76. The van der Waals surface area contributed by atoms with Crippen LogP contribution in [0.25, 0.3) is 0 Å². The number of hydrogen-bond acceptors (Lipinski definition) is 0. The van der Waals surface area contributed by atoms with Gasteiger partial charge in [0.15, 0.2) is 0 Å². The lowest BCUT2D eigenvalue weighted by molar-refractivity contribution is 0.587. The van der Waals surface area contributed by atoms with Crippen LogP contribution in [-0.2, 0) is 6.42 Å². The van der Waals surface area contributed by atoms with Gasteiger partial charge in [0.25, 0.3) is 0 Å². The highest BCUT2D eigenvalue weighted by molar-refractivity contribution is 6.31. The zero-order valence-corrected chi connectivity index (χ0v) is 13.0. The lowest BCUT2D eigenvalue weighted by atomic mass is 10.0. The highest BCUT2D eigenvalue weighted by Gasteiger charge is 2.05. The SMILES string of the molecule is CC(C)c1cc(F)ccc1Cl.CCc1cc(F)ccc1F. The van der Waals surface area contributed by atoms with Crippen molar-refractivity contribution in [3.63, 3.8) is 0 Å². The molecule has 0 aliphatic heterocycles. The van der Waals surface area contributed by atoms with E-state index in [4.69, 9.17) is 11.6 Å². The van der Waals surface area contributed by atoms with Crippen LogP contribution in [0.3, 0.4) is 0 Å². The van der Waals surface area contributed by atoms with Gasteiger partial charge in [0.1, 0.15) is 17.5 Å². The minimum atomic E-state index is -0.377. The molecule has 0 atom stereocenters. The molecule has 0 saturated heterocycles. The van der Waals surface area contributed by atoms with Gasteiger partial charge in [0.2, 0.25) is 0 Å². The Bertz CT molecular complexity index is 595. The third-order valence-electron chi connectivity index (χ3n) is 2.97. The molecule has 0 aromatic heterocycles. The Labute approximate surface area is 128 Å². The van der Waals surface area contributed by atoms with Gasteiger partial charge in [-0.1, -0.05) is 32.4 Å². The largest absolute Gasteiger partial charge is 0.207 e. The molecule has 2 rings (SSSR count). The van der Waals surface area contributed by atoms with Crippen molar-refractivity contribution in [1.82, 2.24) is 0 Å². The maximum atomic E-state index is 12.6. The van der Waals surface area contributed by atoms with Gasteiger partial charge in [-0.2, -0.15) is 0 Å². The summed E-state index contributed by atoms with van der Waals surface area (Å²) in [5.41, 5.74) is 1.30. The second-order valence-corrected chi connectivity index (χ2v) is 5.32. The van der Waals surface area contributed by atoms with E-state index in [-0.39, 0.29) is 23.4 Å². The third-order valence-corrected chi connectivity index (χ3v) is 3.31. The van der Waals surface area contributed by atoms with Crippen molar-refractivity contribution in [3.05, 3.63) is 70.0 Å². The van der Waals surface area contributed by atoms with E-state index in [1.807, 2.05) is 13.8 Å². The molecule has 0 radical (unpaired) electrons. The van der Waals surface area contributed by atoms with Gasteiger partial charge in [-0.05, 0) is 59.9 Å². The molecule has 2 aromatic rings. The van der Waals surface area contributed by atoms with Gasteiger partial charge < -0.3 is 0 Å². The Kier molecular flexibility index (Phi) is 6.76. The van der Waals surface area contributed by atoms with E-state index in [2.05, 4.69) is 0 Å². The zero-order chi connectivity index (χ0) is 16.0. The van der Waals surface area contributed by atoms with Gasteiger partial charge in [-0.3, -0.25) is 0 Å². The molecule has 0 amide bonds. The van der Waals surface area contributed by atoms with Gasteiger partial charge in [-0.15, -0.1) is 0 Å². The predicted octanol–water partition coefficient (Wildman–Crippen LogP) is 6.13. The quantitative estimate of drug-likeness (QED) is 0.625. The van der Waals surface area contributed by atoms with E-state index in [0.717, 1.165) is 17.7 Å². The van der Waals surface area contributed by atoms with Crippen LogP contribution in [0, 0.1) is 17.5 Å². The summed E-state index contributed by atoms with van der Waals surface area (Å²) in [6.07, 6.45) is 0.531. The summed E-state index contributed by atoms with van der Waals surface area (Å²) < 4.78 is 37.6. The molecule has 2 aromatic carbocycles. The first-order chi connectivity index (χ1) is 9.85. The molecule has 114 valence electrons. The summed E-state index contributed by atoms with van der Waals surface area (Å²) in [4.78, 5) is 0. The molecule has 0 fully saturated rings. The number of aryl methyl sites for hydroxylation is 1. The minimum absolute atomic E-state index is 0.224. The highest BCUT2D eigenvalue weighted by atomic mass is 35.5. The van der Waals surface area contributed by atoms with Crippen LogP contribution in [0.2, 0.25) is 5.02 Å². The zero-order valence-electron chi connectivity index (χ0n) is 12.3. The molecule has 0 N–H and O–H groups in total. The topological polar surface area (TPSA) is 0 Å². The molecule has 0 nitrogen and oxygen atoms in total. The van der Waals surface area contributed by atoms with E-state index < -0.39 is 0 Å². The maximum absolute atomic E-state index is 12.6. The van der Waals surface area contributed by atoms with Crippen molar-refractivity contribution in [2.24, 2.45) is 0 Å². The smallest absolute Gasteiger partial charge is 0.126 e. The number of hydrogen-bond donors (Lipinski definition) is 0. The van der Waals surface area contributed by atoms with Crippen molar-refractivity contribution in [2.45, 2.75) is 33.1 Å². The van der Waals surface area contributed by atoms with Crippen LogP contribution < -0.4 is 0 Å². The lowest BCUT2D eigenvalue weighted by Gasteiger charge is -2.06. The Hall–Kier alpha value is -1.48. The molecule has 0 aliphatic carbocycles. The van der Waals surface area contributed by atoms with Crippen LogP contribution in [-0.4, -0.2) is 0 Å². The van der Waals surface area contributed by atoms with Crippen molar-refractivity contribution in [1.29, 1.82) is 0 Å². The van der Waals surface area contributed by atoms with Crippen molar-refractivity contribution in [2.75, 3.05) is 0 Å². The van der Waals surface area contributed by atoms with Crippen molar-refractivity contribution >= 4 is 11.6 Å². The molecule has 0 aliphatic rings. The van der Waals surface area contributed by atoms with Crippen molar-refractivity contribution in [3.8, 4) is 0 Å². The van der Waals surface area contributed by atoms with E-state index >= 15 is 0 Å². The molecule has 0 saturated carbocycles. The first-order valence-electron chi connectivity index (χ1n) is 6.74. The monoisotopic (exact) mass is 314 g/mol. The number of halogens is 4. The van der Waals surface area contributed by atoms with Crippen LogP contribution in [0.15, 0.2) is 36.4 Å². The molecule has 0 heterocycles. The van der Waals surface area contributed by atoms with Crippen LogP contribution in [0.4, 0.5) is 13.2 Å². The molecule has 0 unspecified atom stereocenters. The summed E-state index contributed by atoms with van der Waals surface area (Å²) in [5, 5.41) is 0.640. The fourth-order valence-electron chi connectivity index (χ4n) is 1.77. The molecule has 4 heteroatoms. The average Bonchev–Trinajstić information content (AvgIpc) is 2.44. The van der Waals surface area contributed by atoms with Gasteiger partial charge >= 0.3 is 0 Å². The maximum Gasteiger partial charge on any atom is 0.126 e. The molecule has 0 spiro atoms. The van der Waals surface area contributed by atoms with Gasteiger partial charge in [0, 0.05) is 5.02 Å². The summed E-state index contributed by atoms with van der Waals surface area (Å²) in [6, 6.07) is 7.92. The van der Waals surface area contributed by atoms with E-state index in [1.165, 1.54) is 18.2 Å². The van der Waals surface area contributed by atoms with Crippen LogP contribution in [0.5, 0.6) is 0 Å². The summed E-state index contributed by atoms with van der Waals surface area (Å²) in [5.74, 6) is -0.654. The van der Waals surface area contributed by atoms with E-state index in [9.17, 15) is 13.2 Å². The van der Waals surface area contributed by atoms with Gasteiger partial charge in [-0.25, -0.2) is 13.2 Å². The Balaban J connectivity index is 0.000000211. The van der Waals surface area contributed by atoms with Crippen LogP contribution in [0.1, 0.15) is 37.8 Å². The van der Waals surface area contributed by atoms with Crippen LogP contribution >= 0.6 is 11.6 Å². The first-order valence-corrected chi connectivity index (χ1v) is 7.11. The molecular weight excluding hydrogens is 297 g/mol. The molecule has 21 heavy (non-hydrogen) atoms. The third kappa shape index (κ3) is 5.43. The standard InChI is InChI=1S/C9H10ClF.C8H8F2/c1-6(2)8-5-7(11)3-4-9(8)10;1-2-6-5-7(9)3-4-8(6)10/h3-6H,1-2H3;3-5H,2H2,1H3. The number of benzene rings is 2. The van der Waals surface area contributed by atoms with Gasteiger partial charge in [0.05, 0.1) is 0 Å².